The molecule has 0 bridgehead atoms. The number of rotatable bonds is 6. The van der Waals surface area contributed by atoms with E-state index in [1.54, 1.807) is 48.5 Å². The van der Waals surface area contributed by atoms with Crippen molar-refractivity contribution in [3.8, 4) is 11.3 Å². The first kappa shape index (κ1) is 21.1. The maximum Gasteiger partial charge on any atom is 0.328 e. The molecule has 0 unspecified atom stereocenters. The minimum absolute atomic E-state index is 0.116. The van der Waals surface area contributed by atoms with E-state index in [2.05, 4.69) is 10.7 Å². The molecule has 0 saturated carbocycles. The summed E-state index contributed by atoms with van der Waals surface area (Å²) in [5.74, 6) is -2.67. The van der Waals surface area contributed by atoms with Crippen LogP contribution in [0.4, 0.5) is 5.69 Å². The van der Waals surface area contributed by atoms with Gasteiger partial charge in [-0.1, -0.05) is 41.4 Å². The maximum atomic E-state index is 12.5. The lowest BCUT2D eigenvalue weighted by atomic mass is 10.2. The summed E-state index contributed by atoms with van der Waals surface area (Å²) in [5.41, 5.74) is 6.00. The van der Waals surface area contributed by atoms with Gasteiger partial charge in [0.15, 0.2) is 0 Å². The maximum absolute atomic E-state index is 12.5. The zero-order valence-corrected chi connectivity index (χ0v) is 16.9. The van der Waals surface area contributed by atoms with E-state index >= 15 is 0 Å². The second-order valence-electron chi connectivity index (χ2n) is 6.71. The fourth-order valence-corrected chi connectivity index (χ4v) is 2.99. The Morgan fingerprint density at radius 3 is 2.23 bits per heavy atom. The Kier molecular flexibility index (Phi) is 6.54. The summed E-state index contributed by atoms with van der Waals surface area (Å²) in [5, 5.41) is 12.1. The number of aryl methyl sites for hydroxylation is 2. The number of halogens is 1. The van der Waals surface area contributed by atoms with Gasteiger partial charge in [0.25, 0.3) is 0 Å². The van der Waals surface area contributed by atoms with Gasteiger partial charge in [0.2, 0.25) is 0 Å². The predicted molar refractivity (Wildman–Crippen MR) is 115 cm³/mol. The highest BCUT2D eigenvalue weighted by molar-refractivity contribution is 6.42. The first-order chi connectivity index (χ1) is 14.3. The Morgan fingerprint density at radius 2 is 1.60 bits per heavy atom. The Bertz CT molecular complexity index is 1070. The fourth-order valence-electron chi connectivity index (χ4n) is 2.86. The number of carbonyl (C=O) groups is 3. The molecule has 0 aliphatic heterocycles. The topological polar surface area (TPSA) is 100 Å². The van der Waals surface area contributed by atoms with Crippen LogP contribution in [0.1, 0.15) is 17.7 Å². The van der Waals surface area contributed by atoms with Gasteiger partial charge >= 0.3 is 17.8 Å². The highest BCUT2D eigenvalue weighted by Crippen LogP contribution is 2.24. The normalized spacial score (nSPS) is 10.5. The van der Waals surface area contributed by atoms with Crippen LogP contribution in [0, 0.1) is 6.92 Å². The molecular weight excluding hydrogens is 406 g/mol. The number of nitrogens with one attached hydrogen (secondary N) is 2. The third-order valence-corrected chi connectivity index (χ3v) is 4.68. The van der Waals surface area contributed by atoms with Crippen LogP contribution >= 0.6 is 11.6 Å². The molecule has 3 aromatic rings. The number of aromatic nitrogens is 1. The molecule has 8 heteroatoms. The van der Waals surface area contributed by atoms with Crippen molar-refractivity contribution in [2.45, 2.75) is 19.8 Å². The average molecular weight is 426 g/mol. The van der Waals surface area contributed by atoms with E-state index in [0.29, 0.717) is 22.1 Å². The lowest BCUT2D eigenvalue weighted by Crippen LogP contribution is -2.35. The van der Waals surface area contributed by atoms with Crippen LogP contribution in [0.3, 0.4) is 0 Å². The van der Waals surface area contributed by atoms with Gasteiger partial charge in [-0.05, 0) is 43.3 Å². The molecular formula is C22H20ClN3O4. The van der Waals surface area contributed by atoms with Gasteiger partial charge < -0.3 is 10.4 Å². The van der Waals surface area contributed by atoms with Gasteiger partial charge in [-0.3, -0.25) is 24.5 Å². The molecule has 30 heavy (non-hydrogen) atoms. The number of amides is 2. The van der Waals surface area contributed by atoms with E-state index in [1.807, 2.05) is 19.1 Å². The van der Waals surface area contributed by atoms with Crippen LogP contribution < -0.4 is 10.7 Å². The van der Waals surface area contributed by atoms with Crippen LogP contribution in [0.5, 0.6) is 0 Å². The average Bonchev–Trinajstić information content (AvgIpc) is 3.11. The van der Waals surface area contributed by atoms with Crippen LogP contribution in [0.2, 0.25) is 5.02 Å². The Balaban J connectivity index is 1.84. The van der Waals surface area contributed by atoms with Gasteiger partial charge in [0.1, 0.15) is 0 Å². The molecule has 0 aliphatic carbocycles. The van der Waals surface area contributed by atoms with Crippen molar-refractivity contribution in [2.24, 2.45) is 0 Å². The monoisotopic (exact) mass is 425 g/mol. The number of carboxylic acid groups (broad SMARTS) is 1. The number of anilines is 1. The molecule has 7 nitrogen and oxygen atoms in total. The molecule has 3 rings (SSSR count). The first-order valence-electron chi connectivity index (χ1n) is 9.21. The summed E-state index contributed by atoms with van der Waals surface area (Å²) in [6.07, 6.45) is 0.0677. The molecule has 154 valence electrons. The lowest BCUT2D eigenvalue weighted by molar-refractivity contribution is -0.137. The van der Waals surface area contributed by atoms with Crippen molar-refractivity contribution in [3.05, 3.63) is 76.9 Å². The van der Waals surface area contributed by atoms with Gasteiger partial charge in [0, 0.05) is 28.4 Å². The molecule has 3 N–H and O–H groups in total. The summed E-state index contributed by atoms with van der Waals surface area (Å²) >= 11 is 5.95. The van der Waals surface area contributed by atoms with Crippen LogP contribution in [-0.4, -0.2) is 27.6 Å². The van der Waals surface area contributed by atoms with Crippen LogP contribution in [-0.2, 0) is 20.8 Å². The van der Waals surface area contributed by atoms with E-state index < -0.39 is 17.8 Å². The zero-order chi connectivity index (χ0) is 21.7. The highest BCUT2D eigenvalue weighted by Gasteiger charge is 2.19. The molecule has 0 saturated heterocycles. The number of hydrogen-bond acceptors (Lipinski definition) is 3. The number of benzene rings is 2. The van der Waals surface area contributed by atoms with Crippen molar-refractivity contribution in [1.82, 2.24) is 4.68 Å². The third kappa shape index (κ3) is 5.27. The molecule has 0 radical (unpaired) electrons. The fraction of sp³-hybridized carbons (Fsp3) is 0.136. The molecule has 2 amide bonds. The molecule has 0 spiro atoms. The Morgan fingerprint density at radius 1 is 0.933 bits per heavy atom. The van der Waals surface area contributed by atoms with Crippen molar-refractivity contribution in [1.29, 1.82) is 0 Å². The second kappa shape index (κ2) is 9.28. The standard InChI is InChI=1S/C22H20ClN3O4/c1-14-2-8-17(9-3-14)24-21(29)22(30)25-26-18(11-13-20(27)28)10-12-19(26)15-4-6-16(23)7-5-15/h2-10,12H,11,13H2,1H3,(H,24,29)(H,25,30)(H,27,28). The highest BCUT2D eigenvalue weighted by atomic mass is 35.5. The molecule has 0 aliphatic rings. The quantitative estimate of drug-likeness (QED) is 0.522. The van der Waals surface area contributed by atoms with Gasteiger partial charge in [-0.15, -0.1) is 0 Å². The summed E-state index contributed by atoms with van der Waals surface area (Å²) < 4.78 is 1.43. The van der Waals surface area contributed by atoms with Crippen molar-refractivity contribution < 1.29 is 19.5 Å². The number of nitrogens with zero attached hydrogens (tertiary/aromatic N) is 1. The summed E-state index contributed by atoms with van der Waals surface area (Å²) in [6, 6.07) is 17.5. The molecule has 0 atom stereocenters. The number of carbonyl (C=O) groups excluding carboxylic acids is 2. The predicted octanol–water partition coefficient (Wildman–Crippen LogP) is 3.84. The molecule has 2 aromatic carbocycles. The Hall–Kier alpha value is -3.58. The SMILES string of the molecule is Cc1ccc(NC(=O)C(=O)Nn2c(CCC(=O)O)ccc2-c2ccc(Cl)cc2)cc1. The molecule has 1 aromatic heterocycles. The minimum atomic E-state index is -0.959. The van der Waals surface area contributed by atoms with Crippen LogP contribution in [0.25, 0.3) is 11.3 Å². The Labute approximate surface area is 178 Å². The van der Waals surface area contributed by atoms with E-state index in [9.17, 15) is 14.4 Å². The van der Waals surface area contributed by atoms with E-state index in [1.165, 1.54) is 4.68 Å². The third-order valence-electron chi connectivity index (χ3n) is 4.43. The summed E-state index contributed by atoms with van der Waals surface area (Å²) in [6.45, 7) is 1.92. The van der Waals surface area contributed by atoms with Gasteiger partial charge in [-0.2, -0.15) is 0 Å². The van der Waals surface area contributed by atoms with Gasteiger partial charge in [-0.25, -0.2) is 0 Å². The van der Waals surface area contributed by atoms with E-state index in [-0.39, 0.29) is 12.8 Å². The summed E-state index contributed by atoms with van der Waals surface area (Å²) in [4.78, 5) is 35.9. The van der Waals surface area contributed by atoms with E-state index in [0.717, 1.165) is 11.1 Å². The largest absolute Gasteiger partial charge is 0.481 e. The van der Waals surface area contributed by atoms with Crippen molar-refractivity contribution in [2.75, 3.05) is 10.7 Å². The number of aliphatic carboxylic acids is 1. The minimum Gasteiger partial charge on any atom is -0.481 e. The molecule has 0 fully saturated rings. The molecule has 1 heterocycles. The van der Waals surface area contributed by atoms with Crippen molar-refractivity contribution in [3.63, 3.8) is 0 Å². The lowest BCUT2D eigenvalue weighted by Gasteiger charge is -2.15. The smallest absolute Gasteiger partial charge is 0.328 e. The summed E-state index contributed by atoms with van der Waals surface area (Å²) in [7, 11) is 0. The number of carboxylic acids is 1. The zero-order valence-electron chi connectivity index (χ0n) is 16.2. The van der Waals surface area contributed by atoms with E-state index in [4.69, 9.17) is 16.7 Å². The van der Waals surface area contributed by atoms with Crippen LogP contribution in [0.15, 0.2) is 60.7 Å². The second-order valence-corrected chi connectivity index (χ2v) is 7.14. The number of hydrogen-bond donors (Lipinski definition) is 3. The first-order valence-corrected chi connectivity index (χ1v) is 9.58. The van der Waals surface area contributed by atoms with Gasteiger partial charge in [0.05, 0.1) is 12.1 Å². The van der Waals surface area contributed by atoms with Crippen molar-refractivity contribution >= 4 is 35.1 Å².